The van der Waals surface area contributed by atoms with Crippen LogP contribution in [0.3, 0.4) is 0 Å². The number of rotatable bonds is 11. The second-order valence-corrected chi connectivity index (χ2v) is 7.18. The van der Waals surface area contributed by atoms with Crippen molar-refractivity contribution in [2.75, 3.05) is 33.0 Å². The van der Waals surface area contributed by atoms with Gasteiger partial charge < -0.3 is 14.2 Å². The Balaban J connectivity index is 1.42. The van der Waals surface area contributed by atoms with Gasteiger partial charge in [-0.15, -0.1) is 0 Å². The molecule has 0 radical (unpaired) electrons. The number of nitrogens with zero attached hydrogens (tertiary/aromatic N) is 1. The van der Waals surface area contributed by atoms with Crippen LogP contribution in [0.15, 0.2) is 65.0 Å². The third-order valence-corrected chi connectivity index (χ3v) is 4.85. The highest BCUT2D eigenvalue weighted by molar-refractivity contribution is 6.09. The van der Waals surface area contributed by atoms with Crippen molar-refractivity contribution in [1.82, 2.24) is 0 Å². The normalized spacial score (nSPS) is 18.2. The summed E-state index contributed by atoms with van der Waals surface area (Å²) in [6.07, 6.45) is 11.6. The summed E-state index contributed by atoms with van der Waals surface area (Å²) in [5.74, 6) is 1.29. The lowest BCUT2D eigenvalue weighted by molar-refractivity contribution is 0.0252. The Kier molecular flexibility index (Phi) is 8.07. The van der Waals surface area contributed by atoms with Gasteiger partial charge in [0.25, 0.3) is 0 Å². The van der Waals surface area contributed by atoms with Gasteiger partial charge in [-0.2, -0.15) is 0 Å². The lowest BCUT2D eigenvalue weighted by Crippen LogP contribution is -2.15. The van der Waals surface area contributed by atoms with E-state index in [1.54, 1.807) is 0 Å². The molecule has 0 saturated carbocycles. The number of benzene rings is 1. The number of dihydropyridines is 1. The molecule has 0 fully saturated rings. The minimum atomic E-state index is 0.294. The van der Waals surface area contributed by atoms with E-state index in [2.05, 4.69) is 56.3 Å². The van der Waals surface area contributed by atoms with E-state index in [4.69, 9.17) is 19.2 Å². The molecule has 1 aliphatic heterocycles. The number of aryl methyl sites for hydroxylation is 1. The Morgan fingerprint density at radius 1 is 0.964 bits per heavy atom. The summed E-state index contributed by atoms with van der Waals surface area (Å²) in [6, 6.07) is 8.50. The van der Waals surface area contributed by atoms with Gasteiger partial charge in [0.05, 0.1) is 31.3 Å². The Labute approximate surface area is 168 Å². The maximum Gasteiger partial charge on any atom is 0.111 e. The molecule has 0 bridgehead atoms. The van der Waals surface area contributed by atoms with Crippen LogP contribution in [0.25, 0.3) is 0 Å². The molecule has 0 saturated heterocycles. The van der Waals surface area contributed by atoms with Crippen molar-refractivity contribution in [3.05, 3.63) is 71.2 Å². The maximum atomic E-state index is 5.87. The molecule has 2 aliphatic rings. The Bertz CT molecular complexity index is 744. The van der Waals surface area contributed by atoms with Gasteiger partial charge in [0, 0.05) is 30.2 Å². The summed E-state index contributed by atoms with van der Waals surface area (Å²) in [4.78, 5) is 4.84. The Hall–Kier alpha value is -2.17. The monoisotopic (exact) mass is 381 g/mol. The van der Waals surface area contributed by atoms with Gasteiger partial charge >= 0.3 is 0 Å². The molecule has 0 amide bonds. The maximum absolute atomic E-state index is 5.87. The molecule has 0 spiro atoms. The van der Waals surface area contributed by atoms with Crippen LogP contribution in [-0.2, 0) is 14.2 Å². The van der Waals surface area contributed by atoms with Gasteiger partial charge in [0.1, 0.15) is 6.61 Å². The highest BCUT2D eigenvalue weighted by atomic mass is 16.5. The van der Waals surface area contributed by atoms with Gasteiger partial charge in [-0.25, -0.2) is 0 Å². The van der Waals surface area contributed by atoms with Gasteiger partial charge in [-0.05, 0) is 31.6 Å². The first-order valence-corrected chi connectivity index (χ1v) is 10.3. The van der Waals surface area contributed by atoms with Crippen LogP contribution >= 0.6 is 0 Å². The zero-order valence-electron chi connectivity index (χ0n) is 17.0. The van der Waals surface area contributed by atoms with Crippen LogP contribution < -0.4 is 0 Å². The summed E-state index contributed by atoms with van der Waals surface area (Å²) in [5, 5.41) is 0. The molecule has 1 aromatic carbocycles. The van der Waals surface area contributed by atoms with Crippen LogP contribution in [0.1, 0.15) is 37.3 Å². The van der Waals surface area contributed by atoms with E-state index < -0.39 is 0 Å². The van der Waals surface area contributed by atoms with E-state index in [0.29, 0.717) is 32.3 Å². The van der Waals surface area contributed by atoms with Crippen LogP contribution in [0.4, 0.5) is 0 Å². The smallest absolute Gasteiger partial charge is 0.111 e. The summed E-state index contributed by atoms with van der Waals surface area (Å²) in [5.41, 5.74) is 4.54. The third kappa shape index (κ3) is 6.18. The van der Waals surface area contributed by atoms with Crippen molar-refractivity contribution in [2.45, 2.75) is 33.1 Å². The molecule has 4 heteroatoms. The van der Waals surface area contributed by atoms with E-state index >= 15 is 0 Å². The van der Waals surface area contributed by atoms with E-state index in [1.165, 1.54) is 5.56 Å². The van der Waals surface area contributed by atoms with E-state index in [0.717, 1.165) is 48.6 Å². The fraction of sp³-hybridized carbons (Fsp3) is 0.458. The van der Waals surface area contributed by atoms with Crippen LogP contribution in [0.2, 0.25) is 0 Å². The molecule has 1 heterocycles. The average molecular weight is 382 g/mol. The SMILES string of the molecule is CCCCOCCOCCOC1=CC=C2N=C(c3ccc(C)cc3)C=CC2C1. The molecule has 1 aliphatic carbocycles. The highest BCUT2D eigenvalue weighted by Gasteiger charge is 2.21. The van der Waals surface area contributed by atoms with Crippen molar-refractivity contribution in [3.8, 4) is 0 Å². The zero-order chi connectivity index (χ0) is 19.6. The predicted octanol–water partition coefficient (Wildman–Crippen LogP) is 4.99. The number of ether oxygens (including phenoxy) is 3. The van der Waals surface area contributed by atoms with E-state index in [9.17, 15) is 0 Å². The second-order valence-electron chi connectivity index (χ2n) is 7.18. The fourth-order valence-electron chi connectivity index (χ4n) is 3.15. The molecule has 1 unspecified atom stereocenters. The van der Waals surface area contributed by atoms with Crippen molar-refractivity contribution in [1.29, 1.82) is 0 Å². The van der Waals surface area contributed by atoms with Crippen LogP contribution in [0, 0.1) is 12.8 Å². The van der Waals surface area contributed by atoms with Gasteiger partial charge in [-0.1, -0.05) is 49.2 Å². The lowest BCUT2D eigenvalue weighted by atomic mass is 9.91. The molecule has 150 valence electrons. The minimum absolute atomic E-state index is 0.294. The van der Waals surface area contributed by atoms with Crippen molar-refractivity contribution < 1.29 is 14.2 Å². The molecule has 0 N–H and O–H groups in total. The third-order valence-electron chi connectivity index (χ3n) is 4.85. The Morgan fingerprint density at radius 2 is 1.71 bits per heavy atom. The zero-order valence-corrected chi connectivity index (χ0v) is 17.0. The van der Waals surface area contributed by atoms with Crippen molar-refractivity contribution >= 4 is 5.71 Å². The topological polar surface area (TPSA) is 40.0 Å². The van der Waals surface area contributed by atoms with E-state index in [1.807, 2.05) is 6.08 Å². The first-order valence-electron chi connectivity index (χ1n) is 10.3. The number of aliphatic imine (C=N–C) groups is 1. The molecule has 28 heavy (non-hydrogen) atoms. The number of hydrogen-bond donors (Lipinski definition) is 0. The Morgan fingerprint density at radius 3 is 2.50 bits per heavy atom. The first-order chi connectivity index (χ1) is 13.8. The molecular formula is C24H31NO3. The van der Waals surface area contributed by atoms with Gasteiger partial charge in [-0.3, -0.25) is 4.99 Å². The number of unbranched alkanes of at least 4 members (excludes halogenated alkanes) is 1. The second kappa shape index (κ2) is 11.0. The molecule has 0 aromatic heterocycles. The largest absolute Gasteiger partial charge is 0.496 e. The van der Waals surface area contributed by atoms with Gasteiger partial charge in [0.2, 0.25) is 0 Å². The molecule has 1 atom stereocenters. The summed E-state index contributed by atoms with van der Waals surface area (Å²) < 4.78 is 16.9. The van der Waals surface area contributed by atoms with Crippen molar-refractivity contribution in [3.63, 3.8) is 0 Å². The summed E-state index contributed by atoms with van der Waals surface area (Å²) >= 11 is 0. The standard InChI is InChI=1S/C24H31NO3/c1-3-4-13-26-14-15-27-16-17-28-22-10-12-24-21(18-22)9-11-23(25-24)20-7-5-19(2)6-8-20/h5-12,21H,3-4,13-18H2,1-2H3. The van der Waals surface area contributed by atoms with Crippen molar-refractivity contribution in [2.24, 2.45) is 10.9 Å². The number of fused-ring (bicyclic) bond motifs is 1. The fourth-order valence-corrected chi connectivity index (χ4v) is 3.15. The van der Waals surface area contributed by atoms with E-state index in [-0.39, 0.29) is 0 Å². The molecule has 1 aromatic rings. The molecule has 3 rings (SSSR count). The molecule has 4 nitrogen and oxygen atoms in total. The minimum Gasteiger partial charge on any atom is -0.496 e. The van der Waals surface area contributed by atoms with Crippen LogP contribution in [0.5, 0.6) is 0 Å². The lowest BCUT2D eigenvalue weighted by Gasteiger charge is -2.23. The van der Waals surface area contributed by atoms with Gasteiger partial charge in [0.15, 0.2) is 0 Å². The summed E-state index contributed by atoms with van der Waals surface area (Å²) in [7, 11) is 0. The first kappa shape index (κ1) is 20.6. The number of hydrogen-bond acceptors (Lipinski definition) is 4. The quantitative estimate of drug-likeness (QED) is 0.507. The highest BCUT2D eigenvalue weighted by Crippen LogP contribution is 2.31. The summed E-state index contributed by atoms with van der Waals surface area (Å²) in [6.45, 7) is 7.51. The number of allylic oxidation sites excluding steroid dienone is 5. The predicted molar refractivity (Wildman–Crippen MR) is 114 cm³/mol. The van der Waals surface area contributed by atoms with Crippen LogP contribution in [-0.4, -0.2) is 38.7 Å². The average Bonchev–Trinajstić information content (AvgIpc) is 2.72. The molecular weight excluding hydrogens is 350 g/mol.